The Morgan fingerprint density at radius 1 is 0.312 bits per heavy atom. The molecule has 6 aliphatic rings. The minimum Gasteiger partial charge on any atom is -0.485 e. The first-order valence-electron chi connectivity index (χ1n) is 37.6. The minimum atomic E-state index is -0.383. The van der Waals surface area contributed by atoms with Crippen LogP contribution in [-0.4, -0.2) is 58.5 Å². The third-order valence-electron chi connectivity index (χ3n) is 22.5. The molecule has 0 radical (unpaired) electrons. The van der Waals surface area contributed by atoms with E-state index in [1.165, 1.54) is 123 Å². The number of carbonyl (C=O) groups is 3. The quantitative estimate of drug-likeness (QED) is 0.0280. The molecule has 0 saturated heterocycles. The lowest BCUT2D eigenvalue weighted by atomic mass is 9.63. The molecule has 0 fully saturated rings. The highest BCUT2D eigenvalue weighted by Crippen LogP contribution is 2.73. The van der Waals surface area contributed by atoms with Crippen molar-refractivity contribution >= 4 is 52.9 Å². The van der Waals surface area contributed by atoms with Crippen LogP contribution in [0.1, 0.15) is 297 Å². The number of hydrogen-bond acceptors (Lipinski definition) is 12. The summed E-state index contributed by atoms with van der Waals surface area (Å²) in [5.41, 5.74) is 19.7. The summed E-state index contributed by atoms with van der Waals surface area (Å²) in [6.45, 7) is 16.6. The van der Waals surface area contributed by atoms with Gasteiger partial charge in [-0.15, -0.1) is 34.0 Å². The van der Waals surface area contributed by atoms with E-state index in [0.29, 0.717) is 88.8 Å². The van der Waals surface area contributed by atoms with Gasteiger partial charge in [-0.25, -0.2) is 0 Å². The third-order valence-corrected chi connectivity index (χ3v) is 25.9. The molecule has 6 heterocycles. The monoisotopic (exact) mass is 1350 g/mol. The van der Waals surface area contributed by atoms with E-state index in [4.69, 9.17) is 28.4 Å². The Labute approximate surface area is 583 Å². The van der Waals surface area contributed by atoms with Crippen molar-refractivity contribution in [2.24, 2.45) is 0 Å². The summed E-state index contributed by atoms with van der Waals surface area (Å²) in [6, 6.07) is 22.5. The summed E-state index contributed by atoms with van der Waals surface area (Å²) >= 11 is 4.53. The zero-order valence-electron chi connectivity index (χ0n) is 58.3. The third kappa shape index (κ3) is 12.1. The van der Waals surface area contributed by atoms with Gasteiger partial charge in [-0.05, 0) is 140 Å². The summed E-state index contributed by atoms with van der Waals surface area (Å²) in [6.07, 6.45) is 36.7. The number of hydrogen-bond donors (Lipinski definition) is 0. The Morgan fingerprint density at radius 2 is 0.542 bits per heavy atom. The SMILES string of the molecule is CCCCCCC1(CCCCCC)c2cc(-c3sc(C=O)c4c3OCCO4)ccc2-c2c1c1c(c3c2C(CCCCCC)(CCCCCC)c2cc(-c4sc(C=O)c5c4OCCO5)ccc2-3)C(CCCCCC)(CCCCCC)c2cc(-c3sc(C=O)c4c3OCCO4)ccc2-1. The first-order chi connectivity index (χ1) is 47.2. The Hall–Kier alpha value is -6.21. The lowest BCUT2D eigenvalue weighted by Gasteiger charge is -2.40. The number of fused-ring (bicyclic) bond motifs is 15. The lowest BCUT2D eigenvalue weighted by molar-refractivity contribution is 0.110. The van der Waals surface area contributed by atoms with Crippen LogP contribution >= 0.6 is 34.0 Å². The van der Waals surface area contributed by atoms with Gasteiger partial charge in [0.1, 0.15) is 54.3 Å². The topological polar surface area (TPSA) is 107 Å². The molecule has 96 heavy (non-hydrogen) atoms. The average Bonchev–Trinajstić information content (AvgIpc) is 1.48. The normalized spacial score (nSPS) is 15.8. The molecular weight excluding hydrogens is 1250 g/mol. The molecule has 510 valence electrons. The van der Waals surface area contributed by atoms with Crippen molar-refractivity contribution in [2.45, 2.75) is 250 Å². The summed E-state index contributed by atoms with van der Waals surface area (Å²) in [5, 5.41) is 0. The van der Waals surface area contributed by atoms with Crippen LogP contribution in [0.4, 0.5) is 0 Å². The molecule has 0 bridgehead atoms. The molecule has 4 aromatic carbocycles. The molecule has 3 aliphatic carbocycles. The van der Waals surface area contributed by atoms with Gasteiger partial charge in [0, 0.05) is 16.2 Å². The van der Waals surface area contributed by atoms with Crippen molar-refractivity contribution < 1.29 is 42.8 Å². The lowest BCUT2D eigenvalue weighted by Crippen LogP contribution is -2.31. The van der Waals surface area contributed by atoms with Crippen molar-refractivity contribution in [3.05, 3.63) is 103 Å². The summed E-state index contributed by atoms with van der Waals surface area (Å²) in [4.78, 5) is 43.7. The second-order valence-electron chi connectivity index (χ2n) is 28.4. The van der Waals surface area contributed by atoms with Gasteiger partial charge in [0.15, 0.2) is 53.4 Å². The van der Waals surface area contributed by atoms with Crippen LogP contribution < -0.4 is 28.4 Å². The van der Waals surface area contributed by atoms with Gasteiger partial charge in [0.2, 0.25) is 0 Å². The van der Waals surface area contributed by atoms with Crippen molar-refractivity contribution in [3.63, 3.8) is 0 Å². The highest BCUT2D eigenvalue weighted by molar-refractivity contribution is 7.18. The zero-order valence-corrected chi connectivity index (χ0v) is 60.7. The van der Waals surface area contributed by atoms with Crippen LogP contribution in [0.3, 0.4) is 0 Å². The van der Waals surface area contributed by atoms with Crippen LogP contribution in [0.5, 0.6) is 34.5 Å². The number of benzene rings is 4. The van der Waals surface area contributed by atoms with Gasteiger partial charge in [-0.3, -0.25) is 14.4 Å². The molecule has 7 aromatic rings. The van der Waals surface area contributed by atoms with E-state index in [1.807, 2.05) is 0 Å². The Bertz CT molecular complexity index is 3490. The van der Waals surface area contributed by atoms with Gasteiger partial charge in [-0.2, -0.15) is 0 Å². The zero-order chi connectivity index (χ0) is 66.4. The molecule has 0 amide bonds. The van der Waals surface area contributed by atoms with E-state index in [9.17, 15) is 14.4 Å². The molecule has 0 N–H and O–H groups in total. The molecular formula is C84H102O9S3. The minimum absolute atomic E-state index is 0.383. The number of rotatable bonds is 36. The van der Waals surface area contributed by atoms with Crippen LogP contribution in [0.15, 0.2) is 54.6 Å². The van der Waals surface area contributed by atoms with Gasteiger partial charge < -0.3 is 28.4 Å². The van der Waals surface area contributed by atoms with Gasteiger partial charge in [-0.1, -0.05) is 232 Å². The van der Waals surface area contributed by atoms with E-state index in [0.717, 1.165) is 204 Å². The maximum atomic E-state index is 13.0. The maximum Gasteiger partial charge on any atom is 0.183 e. The highest BCUT2D eigenvalue weighted by Gasteiger charge is 2.58. The van der Waals surface area contributed by atoms with Gasteiger partial charge >= 0.3 is 0 Å². The van der Waals surface area contributed by atoms with E-state index >= 15 is 0 Å². The molecule has 3 aliphatic heterocycles. The second-order valence-corrected chi connectivity index (χ2v) is 31.6. The van der Waals surface area contributed by atoms with E-state index in [-0.39, 0.29) is 16.2 Å². The van der Waals surface area contributed by atoms with Crippen molar-refractivity contribution in [2.75, 3.05) is 39.6 Å². The maximum absolute atomic E-state index is 13.0. The standard InChI is InChI=1S/C84H102O9S3/c1-7-13-19-25-37-82(38-26-20-14-8-2)61-49-55(79-76-73(64(52-85)94-79)88-43-46-91-76)31-34-58(61)67-70(82)68-59-35-32-56(80-77-74(65(53-86)95-80)89-44-47-92-77)50-62(59)83(39-27-21-15-9-3,40-28-22-16-10-4)72(68)69-60-36-33-57(81-78-75(66(54-87)96-81)90-45-48-93-78)51-63(60)84(71(67)69,41-29-23-17-11-5)42-30-24-18-12-6/h31-36,49-54H,7-30,37-48H2,1-6H3. The number of ether oxygens (including phenoxy) is 6. The van der Waals surface area contributed by atoms with Crippen LogP contribution in [0.2, 0.25) is 0 Å². The van der Waals surface area contributed by atoms with Crippen molar-refractivity contribution in [1.82, 2.24) is 0 Å². The first-order valence-corrected chi connectivity index (χ1v) is 40.0. The number of unbranched alkanes of at least 4 members (excludes halogenated alkanes) is 18. The van der Waals surface area contributed by atoms with Crippen LogP contribution in [0.25, 0.3) is 64.7 Å². The van der Waals surface area contributed by atoms with Crippen molar-refractivity contribution in [3.8, 4) is 99.2 Å². The number of carbonyl (C=O) groups excluding carboxylic acids is 3. The van der Waals surface area contributed by atoms with Crippen LogP contribution in [0, 0.1) is 0 Å². The van der Waals surface area contributed by atoms with Crippen LogP contribution in [-0.2, 0) is 16.2 Å². The van der Waals surface area contributed by atoms with E-state index in [2.05, 4.69) is 96.1 Å². The first kappa shape index (κ1) is 68.3. The van der Waals surface area contributed by atoms with E-state index < -0.39 is 0 Å². The fourth-order valence-electron chi connectivity index (χ4n) is 18.1. The van der Waals surface area contributed by atoms with Crippen molar-refractivity contribution in [1.29, 1.82) is 0 Å². The number of thiophene rings is 3. The molecule has 0 unspecified atom stereocenters. The Balaban J connectivity index is 1.21. The Morgan fingerprint density at radius 3 is 0.760 bits per heavy atom. The fraction of sp³-hybridized carbons (Fsp3) is 0.536. The van der Waals surface area contributed by atoms with E-state index in [1.54, 1.807) is 16.7 Å². The molecule has 0 saturated carbocycles. The molecule has 0 spiro atoms. The Kier molecular flexibility index (Phi) is 21.7. The highest BCUT2D eigenvalue weighted by atomic mass is 32.1. The molecule has 12 heteroatoms. The fourth-order valence-corrected chi connectivity index (χ4v) is 21.1. The summed E-state index contributed by atoms with van der Waals surface area (Å²) in [7, 11) is 0. The summed E-state index contributed by atoms with van der Waals surface area (Å²) in [5.74, 6) is 3.82. The summed E-state index contributed by atoms with van der Waals surface area (Å²) < 4.78 is 38.7. The molecule has 0 atom stereocenters. The molecule has 3 aromatic heterocycles. The smallest absolute Gasteiger partial charge is 0.183 e. The molecule has 13 rings (SSSR count). The van der Waals surface area contributed by atoms with Gasteiger partial charge in [0.05, 0.1) is 14.6 Å². The van der Waals surface area contributed by atoms with Gasteiger partial charge in [0.25, 0.3) is 0 Å². The predicted octanol–water partition coefficient (Wildman–Crippen LogP) is 24.2. The average molecular weight is 1350 g/mol. The predicted molar refractivity (Wildman–Crippen MR) is 397 cm³/mol. The number of aldehydes is 3. The second kappa shape index (κ2) is 30.5. The largest absolute Gasteiger partial charge is 0.485 e. The molecule has 9 nitrogen and oxygen atoms in total.